The number of amides is 1. The molecular formula is C7H13NO2S. The lowest BCUT2D eigenvalue weighted by Gasteiger charge is -2.27. The molecule has 0 radical (unpaired) electrons. The van der Waals surface area contributed by atoms with Gasteiger partial charge in [-0.2, -0.15) is 12.6 Å². The van der Waals surface area contributed by atoms with Crippen LogP contribution in [-0.2, 0) is 0 Å². The second-order valence-corrected chi connectivity index (χ2v) is 3.57. The van der Waals surface area contributed by atoms with Crippen LogP contribution in [0.1, 0.15) is 25.7 Å². The van der Waals surface area contributed by atoms with E-state index in [1.54, 1.807) is 0 Å². The number of carboxylic acid groups (broad SMARTS) is 1. The minimum absolute atomic E-state index is 0.0598. The van der Waals surface area contributed by atoms with Gasteiger partial charge in [0.1, 0.15) is 0 Å². The van der Waals surface area contributed by atoms with Crippen molar-refractivity contribution in [1.29, 1.82) is 0 Å². The van der Waals surface area contributed by atoms with Crippen LogP contribution in [-0.4, -0.2) is 22.5 Å². The van der Waals surface area contributed by atoms with E-state index in [-0.39, 0.29) is 11.3 Å². The Balaban J connectivity index is 2.35. The molecule has 1 rings (SSSR count). The zero-order chi connectivity index (χ0) is 8.27. The van der Waals surface area contributed by atoms with E-state index >= 15 is 0 Å². The van der Waals surface area contributed by atoms with Crippen LogP contribution >= 0.6 is 12.6 Å². The molecule has 1 fully saturated rings. The number of nitrogens with one attached hydrogen (secondary N) is 1. The van der Waals surface area contributed by atoms with E-state index < -0.39 is 6.09 Å². The van der Waals surface area contributed by atoms with Crippen LogP contribution < -0.4 is 5.32 Å². The molecule has 0 spiro atoms. The standard InChI is InChI=1S/C7H13NO2S/c9-7(10)8-5-3-1-2-4-6(5)11/h5-6,8,11H,1-4H2,(H,9,10). The van der Waals surface area contributed by atoms with Crippen LogP contribution in [0.25, 0.3) is 0 Å². The summed E-state index contributed by atoms with van der Waals surface area (Å²) in [6.45, 7) is 0. The summed E-state index contributed by atoms with van der Waals surface area (Å²) < 4.78 is 0. The van der Waals surface area contributed by atoms with Gasteiger partial charge in [0.05, 0.1) is 0 Å². The summed E-state index contributed by atoms with van der Waals surface area (Å²) >= 11 is 4.31. The highest BCUT2D eigenvalue weighted by molar-refractivity contribution is 7.81. The van der Waals surface area contributed by atoms with Crippen molar-refractivity contribution in [2.45, 2.75) is 37.0 Å². The first kappa shape index (κ1) is 8.71. The molecule has 0 aromatic rings. The Morgan fingerprint density at radius 1 is 1.45 bits per heavy atom. The van der Waals surface area contributed by atoms with Gasteiger partial charge >= 0.3 is 6.09 Å². The van der Waals surface area contributed by atoms with E-state index in [0.717, 1.165) is 19.3 Å². The summed E-state index contributed by atoms with van der Waals surface area (Å²) in [4.78, 5) is 10.3. The fourth-order valence-electron chi connectivity index (χ4n) is 1.44. The van der Waals surface area contributed by atoms with Crippen LogP contribution in [0.4, 0.5) is 4.79 Å². The van der Waals surface area contributed by atoms with Crippen molar-refractivity contribution in [1.82, 2.24) is 5.32 Å². The normalized spacial score (nSPS) is 31.4. The third kappa shape index (κ3) is 2.61. The predicted octanol–water partition coefficient (Wildman–Crippen LogP) is 1.49. The van der Waals surface area contributed by atoms with E-state index in [2.05, 4.69) is 17.9 Å². The Bertz CT molecular complexity index is 151. The quantitative estimate of drug-likeness (QED) is 0.529. The highest BCUT2D eigenvalue weighted by Crippen LogP contribution is 2.22. The van der Waals surface area contributed by atoms with Crippen LogP contribution in [0.5, 0.6) is 0 Å². The zero-order valence-corrected chi connectivity index (χ0v) is 7.18. The molecule has 0 aromatic carbocycles. The molecule has 1 amide bonds. The van der Waals surface area contributed by atoms with Crippen molar-refractivity contribution in [2.24, 2.45) is 0 Å². The predicted molar refractivity (Wildman–Crippen MR) is 46.2 cm³/mol. The Hall–Kier alpha value is -0.380. The lowest BCUT2D eigenvalue weighted by molar-refractivity contribution is 0.186. The molecule has 11 heavy (non-hydrogen) atoms. The van der Waals surface area contributed by atoms with Crippen LogP contribution in [0.2, 0.25) is 0 Å². The van der Waals surface area contributed by atoms with Crippen LogP contribution in [0, 0.1) is 0 Å². The van der Waals surface area contributed by atoms with Gasteiger partial charge < -0.3 is 10.4 Å². The Morgan fingerprint density at radius 3 is 2.64 bits per heavy atom. The topological polar surface area (TPSA) is 49.3 Å². The van der Waals surface area contributed by atoms with Gasteiger partial charge in [-0.1, -0.05) is 12.8 Å². The SMILES string of the molecule is O=C(O)NC1CCCCC1S. The first-order chi connectivity index (χ1) is 5.20. The van der Waals surface area contributed by atoms with Gasteiger partial charge in [0.15, 0.2) is 0 Å². The van der Waals surface area contributed by atoms with Crippen molar-refractivity contribution >= 4 is 18.7 Å². The first-order valence-corrected chi connectivity index (χ1v) is 4.39. The minimum Gasteiger partial charge on any atom is -0.465 e. The highest BCUT2D eigenvalue weighted by atomic mass is 32.1. The van der Waals surface area contributed by atoms with Crippen molar-refractivity contribution in [3.8, 4) is 0 Å². The maximum absolute atomic E-state index is 10.3. The maximum atomic E-state index is 10.3. The molecule has 1 saturated carbocycles. The fraction of sp³-hybridized carbons (Fsp3) is 0.857. The largest absolute Gasteiger partial charge is 0.465 e. The zero-order valence-electron chi connectivity index (χ0n) is 6.29. The third-order valence-corrected chi connectivity index (χ3v) is 2.66. The molecule has 2 N–H and O–H groups in total. The van der Waals surface area contributed by atoms with Crippen molar-refractivity contribution in [2.75, 3.05) is 0 Å². The first-order valence-electron chi connectivity index (χ1n) is 3.87. The van der Waals surface area contributed by atoms with E-state index in [1.807, 2.05) is 0 Å². The molecule has 2 atom stereocenters. The summed E-state index contributed by atoms with van der Waals surface area (Å²) in [6.07, 6.45) is 3.30. The average molecular weight is 175 g/mol. The monoisotopic (exact) mass is 175 g/mol. The second-order valence-electron chi connectivity index (χ2n) is 2.91. The number of hydrogen-bond acceptors (Lipinski definition) is 2. The lowest BCUT2D eigenvalue weighted by atomic mass is 9.95. The van der Waals surface area contributed by atoms with Gasteiger partial charge in [-0.25, -0.2) is 4.79 Å². The van der Waals surface area contributed by atoms with E-state index in [4.69, 9.17) is 5.11 Å². The molecule has 0 heterocycles. The fourth-order valence-corrected chi connectivity index (χ4v) is 1.84. The minimum atomic E-state index is -0.934. The molecule has 4 heteroatoms. The van der Waals surface area contributed by atoms with Gasteiger partial charge in [-0.15, -0.1) is 0 Å². The van der Waals surface area contributed by atoms with Crippen molar-refractivity contribution in [3.05, 3.63) is 0 Å². The van der Waals surface area contributed by atoms with Crippen molar-refractivity contribution < 1.29 is 9.90 Å². The molecular weight excluding hydrogens is 162 g/mol. The molecule has 64 valence electrons. The molecule has 0 aliphatic heterocycles. The third-order valence-electron chi connectivity index (χ3n) is 2.04. The molecule has 2 unspecified atom stereocenters. The van der Waals surface area contributed by atoms with E-state index in [1.165, 1.54) is 6.42 Å². The lowest BCUT2D eigenvalue weighted by Crippen LogP contribution is -2.42. The van der Waals surface area contributed by atoms with Crippen LogP contribution in [0.3, 0.4) is 0 Å². The maximum Gasteiger partial charge on any atom is 0.404 e. The van der Waals surface area contributed by atoms with Gasteiger partial charge in [0.25, 0.3) is 0 Å². The average Bonchev–Trinajstić information content (AvgIpc) is 1.93. The van der Waals surface area contributed by atoms with Gasteiger partial charge in [-0.05, 0) is 12.8 Å². The summed E-state index contributed by atoms with van der Waals surface area (Å²) in [5.41, 5.74) is 0. The van der Waals surface area contributed by atoms with Gasteiger partial charge in [0.2, 0.25) is 0 Å². The second kappa shape index (κ2) is 3.85. The number of thiol groups is 1. The van der Waals surface area contributed by atoms with Crippen molar-refractivity contribution in [3.63, 3.8) is 0 Å². The molecule has 0 saturated heterocycles. The van der Waals surface area contributed by atoms with Crippen LogP contribution in [0.15, 0.2) is 0 Å². The van der Waals surface area contributed by atoms with E-state index in [9.17, 15) is 4.79 Å². The highest BCUT2D eigenvalue weighted by Gasteiger charge is 2.22. The number of carbonyl (C=O) groups is 1. The summed E-state index contributed by atoms with van der Waals surface area (Å²) in [6, 6.07) is 0.0598. The summed E-state index contributed by atoms with van der Waals surface area (Å²) in [7, 11) is 0. The number of rotatable bonds is 1. The molecule has 3 nitrogen and oxygen atoms in total. The molecule has 0 bridgehead atoms. The Kier molecular flexibility index (Phi) is 3.05. The Morgan fingerprint density at radius 2 is 2.09 bits per heavy atom. The molecule has 1 aliphatic carbocycles. The summed E-state index contributed by atoms with van der Waals surface area (Å²) in [5, 5.41) is 11.1. The number of hydrogen-bond donors (Lipinski definition) is 3. The molecule has 1 aliphatic rings. The van der Waals surface area contributed by atoms with Gasteiger partial charge in [0, 0.05) is 11.3 Å². The van der Waals surface area contributed by atoms with Gasteiger partial charge in [-0.3, -0.25) is 0 Å². The van der Waals surface area contributed by atoms with E-state index in [0.29, 0.717) is 0 Å². The smallest absolute Gasteiger partial charge is 0.404 e. The summed E-state index contributed by atoms with van der Waals surface area (Å²) in [5.74, 6) is 0. The Labute approximate surface area is 71.6 Å². The molecule has 0 aromatic heterocycles.